The molecule has 0 fully saturated rings. The molecular weight excluding hydrogens is 463 g/mol. The minimum absolute atomic E-state index is 0.0802. The van der Waals surface area contributed by atoms with Gasteiger partial charge in [0.15, 0.2) is 0 Å². The number of carbonyl (C=O) groups is 2. The van der Waals surface area contributed by atoms with Gasteiger partial charge < -0.3 is 25.0 Å². The zero-order chi connectivity index (χ0) is 26.4. The number of benzene rings is 1. The molecule has 0 radical (unpaired) electrons. The van der Waals surface area contributed by atoms with Gasteiger partial charge in [0.2, 0.25) is 5.88 Å². The topological polar surface area (TPSA) is 95.0 Å². The summed E-state index contributed by atoms with van der Waals surface area (Å²) in [6.07, 6.45) is 1.03. The number of fused-ring (bicyclic) bond motifs is 1. The van der Waals surface area contributed by atoms with Gasteiger partial charge in [-0.05, 0) is 25.1 Å². The van der Waals surface area contributed by atoms with Crippen molar-refractivity contribution in [1.29, 1.82) is 0 Å². The number of aromatic nitrogens is 1. The van der Waals surface area contributed by atoms with Crippen molar-refractivity contribution in [1.82, 2.24) is 14.8 Å². The molecule has 2 N–H and O–H groups in total. The first-order chi connectivity index (χ1) is 17.1. The van der Waals surface area contributed by atoms with Gasteiger partial charge in [0.1, 0.15) is 17.5 Å². The molecule has 1 aromatic carbocycles. The van der Waals surface area contributed by atoms with E-state index >= 15 is 0 Å². The van der Waals surface area contributed by atoms with Crippen LogP contribution in [0.5, 0.6) is 5.88 Å². The number of aliphatic hydroxyl groups excluding tert-OH is 1. The molecule has 3 atom stereocenters. The second-order valence-corrected chi connectivity index (χ2v) is 9.41. The molecular formula is C27H33FN4O4. The van der Waals surface area contributed by atoms with Gasteiger partial charge in [-0.15, -0.1) is 0 Å². The zero-order valence-electron chi connectivity index (χ0n) is 21.3. The van der Waals surface area contributed by atoms with Gasteiger partial charge in [0.25, 0.3) is 5.91 Å². The predicted molar refractivity (Wildman–Crippen MR) is 135 cm³/mol. The predicted octanol–water partition coefficient (Wildman–Crippen LogP) is 3.61. The number of rotatable bonds is 5. The van der Waals surface area contributed by atoms with Gasteiger partial charge >= 0.3 is 6.03 Å². The van der Waals surface area contributed by atoms with Crippen LogP contribution in [0.2, 0.25) is 0 Å². The monoisotopic (exact) mass is 496 g/mol. The van der Waals surface area contributed by atoms with E-state index < -0.39 is 24.0 Å². The molecule has 0 spiro atoms. The summed E-state index contributed by atoms with van der Waals surface area (Å²) in [7, 11) is 1.59. The molecule has 2 aromatic rings. The van der Waals surface area contributed by atoms with E-state index in [0.29, 0.717) is 12.1 Å². The molecule has 8 nitrogen and oxygen atoms in total. The van der Waals surface area contributed by atoms with Crippen molar-refractivity contribution >= 4 is 17.6 Å². The molecule has 0 unspecified atom stereocenters. The molecule has 36 heavy (non-hydrogen) atoms. The van der Waals surface area contributed by atoms with E-state index in [9.17, 15) is 19.1 Å². The van der Waals surface area contributed by atoms with Crippen LogP contribution >= 0.6 is 0 Å². The lowest BCUT2D eigenvalue weighted by atomic mass is 10.00. The first kappa shape index (κ1) is 27.0. The van der Waals surface area contributed by atoms with E-state index in [1.165, 1.54) is 17.0 Å². The highest BCUT2D eigenvalue weighted by molar-refractivity contribution is 5.97. The minimum atomic E-state index is -0.531. The van der Waals surface area contributed by atoms with Crippen LogP contribution in [-0.4, -0.2) is 70.7 Å². The summed E-state index contributed by atoms with van der Waals surface area (Å²) in [6, 6.07) is 6.65. The Labute approximate surface area is 211 Å². The van der Waals surface area contributed by atoms with Crippen LogP contribution in [0.1, 0.15) is 43.6 Å². The Kier molecular flexibility index (Phi) is 8.88. The van der Waals surface area contributed by atoms with Crippen LogP contribution in [0.4, 0.5) is 14.9 Å². The van der Waals surface area contributed by atoms with Crippen molar-refractivity contribution in [2.24, 2.45) is 11.8 Å². The molecule has 2 heterocycles. The average molecular weight is 497 g/mol. The fraction of sp³-hybridized carbons (Fsp3) is 0.444. The van der Waals surface area contributed by atoms with Crippen LogP contribution in [0, 0.1) is 29.5 Å². The van der Waals surface area contributed by atoms with E-state index in [1.54, 1.807) is 43.3 Å². The number of nitrogens with one attached hydrogen (secondary N) is 1. The molecule has 3 rings (SSSR count). The lowest BCUT2D eigenvalue weighted by Gasteiger charge is -2.37. The first-order valence-electron chi connectivity index (χ1n) is 12.0. The molecule has 0 aliphatic carbocycles. The van der Waals surface area contributed by atoms with Crippen molar-refractivity contribution in [2.75, 3.05) is 32.1 Å². The summed E-state index contributed by atoms with van der Waals surface area (Å²) < 4.78 is 20.2. The van der Waals surface area contributed by atoms with E-state index in [2.05, 4.69) is 22.1 Å². The van der Waals surface area contributed by atoms with Crippen molar-refractivity contribution in [3.8, 4) is 17.7 Å². The number of urea groups is 1. The average Bonchev–Trinajstić information content (AvgIpc) is 2.85. The number of halogens is 1. The summed E-state index contributed by atoms with van der Waals surface area (Å²) in [4.78, 5) is 33.6. The Morgan fingerprint density at radius 3 is 2.75 bits per heavy atom. The second-order valence-electron chi connectivity index (χ2n) is 9.41. The van der Waals surface area contributed by atoms with Gasteiger partial charge in [0.05, 0.1) is 24.9 Å². The second kappa shape index (κ2) is 11.9. The number of likely N-dealkylation sites (N-methyl/N-ethyl adjacent to an activating group) is 1. The Morgan fingerprint density at radius 1 is 1.36 bits per heavy atom. The van der Waals surface area contributed by atoms with E-state index in [0.717, 1.165) is 0 Å². The standard InChI is InChI=1S/C27H33FN4O4/c1-17(2)10-11-20-12-21-25(29-13-20)36-24(18(3)14-32(26(21)34)19(4)16-33)15-31(5)27(35)30-23-9-7-6-8-22(23)28/h6-9,12-13,17-19,24,33H,14-16H2,1-5H3,(H,30,35)/t18-,19-,24-/m0/s1. The number of aliphatic hydroxyl groups is 1. The highest BCUT2D eigenvalue weighted by atomic mass is 19.1. The van der Waals surface area contributed by atoms with Crippen LogP contribution in [0.15, 0.2) is 36.5 Å². The first-order valence-corrected chi connectivity index (χ1v) is 12.0. The number of hydrogen-bond donors (Lipinski definition) is 2. The van der Waals surface area contributed by atoms with Crippen LogP contribution in [0.25, 0.3) is 0 Å². The van der Waals surface area contributed by atoms with Crippen LogP contribution < -0.4 is 10.1 Å². The number of anilines is 1. The quantitative estimate of drug-likeness (QED) is 0.617. The summed E-state index contributed by atoms with van der Waals surface area (Å²) in [5.41, 5.74) is 0.917. The number of carbonyl (C=O) groups excluding carboxylic acids is 2. The fourth-order valence-corrected chi connectivity index (χ4v) is 3.74. The normalized spacial score (nSPS) is 18.2. The third-order valence-corrected chi connectivity index (χ3v) is 5.94. The third kappa shape index (κ3) is 6.52. The van der Waals surface area contributed by atoms with Crippen molar-refractivity contribution in [3.63, 3.8) is 0 Å². The maximum Gasteiger partial charge on any atom is 0.321 e. The summed E-state index contributed by atoms with van der Waals surface area (Å²) in [5.74, 6) is 5.34. The van der Waals surface area contributed by atoms with Gasteiger partial charge in [-0.3, -0.25) is 4.79 Å². The van der Waals surface area contributed by atoms with Crippen molar-refractivity contribution in [2.45, 2.75) is 39.8 Å². The molecule has 9 heteroatoms. The number of ether oxygens (including phenoxy) is 1. The van der Waals surface area contributed by atoms with Gasteiger partial charge in [-0.1, -0.05) is 44.7 Å². The Hall–Kier alpha value is -3.64. The van der Waals surface area contributed by atoms with Crippen molar-refractivity contribution in [3.05, 3.63) is 53.5 Å². The molecule has 0 saturated carbocycles. The molecule has 0 saturated heterocycles. The smallest absolute Gasteiger partial charge is 0.321 e. The van der Waals surface area contributed by atoms with E-state index in [4.69, 9.17) is 4.74 Å². The third-order valence-electron chi connectivity index (χ3n) is 5.94. The lowest BCUT2D eigenvalue weighted by Crippen LogP contribution is -2.50. The minimum Gasteiger partial charge on any atom is -0.472 e. The maximum absolute atomic E-state index is 14.0. The zero-order valence-corrected chi connectivity index (χ0v) is 21.3. The number of amides is 3. The van der Waals surface area contributed by atoms with Gasteiger partial charge in [-0.2, -0.15) is 0 Å². The Bertz CT molecular complexity index is 1160. The Morgan fingerprint density at radius 2 is 2.08 bits per heavy atom. The molecule has 1 aliphatic rings. The molecule has 0 bridgehead atoms. The Balaban J connectivity index is 1.89. The number of nitrogens with zero attached hydrogens (tertiary/aromatic N) is 3. The number of hydrogen-bond acceptors (Lipinski definition) is 5. The molecule has 3 amide bonds. The van der Waals surface area contributed by atoms with Gasteiger partial charge in [0, 0.05) is 37.2 Å². The molecule has 1 aromatic heterocycles. The highest BCUT2D eigenvalue weighted by Gasteiger charge is 2.34. The fourth-order valence-electron chi connectivity index (χ4n) is 3.74. The summed E-state index contributed by atoms with van der Waals surface area (Å²) >= 11 is 0. The summed E-state index contributed by atoms with van der Waals surface area (Å²) in [6.45, 7) is 7.87. The number of para-hydroxylation sites is 1. The van der Waals surface area contributed by atoms with Gasteiger partial charge in [-0.25, -0.2) is 14.2 Å². The highest BCUT2D eigenvalue weighted by Crippen LogP contribution is 2.27. The van der Waals surface area contributed by atoms with Crippen LogP contribution in [0.3, 0.4) is 0 Å². The largest absolute Gasteiger partial charge is 0.472 e. The van der Waals surface area contributed by atoms with E-state index in [1.807, 2.05) is 20.8 Å². The van der Waals surface area contributed by atoms with Crippen LogP contribution in [-0.2, 0) is 0 Å². The van der Waals surface area contributed by atoms with E-state index in [-0.39, 0.29) is 48.0 Å². The molecule has 192 valence electrons. The maximum atomic E-state index is 14.0. The van der Waals surface area contributed by atoms with Crippen molar-refractivity contribution < 1.29 is 23.8 Å². The SMILES string of the molecule is CC(C)C#Cc1cnc2c(c1)C(=O)N([C@@H](C)CO)C[C@H](C)[C@H](CN(C)C(=O)Nc1ccccc1F)O2. The number of pyridine rings is 1. The lowest BCUT2D eigenvalue weighted by molar-refractivity contribution is 0.0356. The summed E-state index contributed by atoms with van der Waals surface area (Å²) in [5, 5.41) is 12.4. The molecule has 1 aliphatic heterocycles.